The number of carboxylic acids is 1. The van der Waals surface area contributed by atoms with Gasteiger partial charge in [-0.25, -0.2) is 4.79 Å². The lowest BCUT2D eigenvalue weighted by molar-refractivity contribution is -0.141. The maximum atomic E-state index is 12.2. The lowest BCUT2D eigenvalue weighted by Gasteiger charge is -2.37. The third-order valence-corrected chi connectivity index (χ3v) is 3.87. The van der Waals surface area contributed by atoms with Gasteiger partial charge < -0.3 is 14.9 Å². The number of hydrogen-bond acceptors (Lipinski definition) is 2. The minimum absolute atomic E-state index is 0.0689. The number of amides is 2. The molecule has 1 unspecified atom stereocenters. The molecule has 0 bridgehead atoms. The van der Waals surface area contributed by atoms with E-state index in [-0.39, 0.29) is 11.6 Å². The molecule has 1 rings (SSSR count). The van der Waals surface area contributed by atoms with E-state index >= 15 is 0 Å². The molecule has 2 amide bonds. The average Bonchev–Trinajstić information content (AvgIpc) is 2.76. The fourth-order valence-electron chi connectivity index (χ4n) is 1.84. The summed E-state index contributed by atoms with van der Waals surface area (Å²) in [6, 6.07) is -0.0689. The molecule has 0 aromatic rings. The van der Waals surface area contributed by atoms with Crippen LogP contribution < -0.4 is 0 Å². The molecule has 0 aromatic heterocycles. The van der Waals surface area contributed by atoms with E-state index in [1.807, 2.05) is 20.8 Å². The van der Waals surface area contributed by atoms with Gasteiger partial charge in [0.05, 0.1) is 5.92 Å². The largest absolute Gasteiger partial charge is 0.481 e. The maximum absolute atomic E-state index is 12.2. The third-order valence-electron chi connectivity index (χ3n) is 3.87. The van der Waals surface area contributed by atoms with Crippen LogP contribution in [0.2, 0.25) is 0 Å². The van der Waals surface area contributed by atoms with Crippen LogP contribution in [0.3, 0.4) is 0 Å². The van der Waals surface area contributed by atoms with Gasteiger partial charge in [-0.1, -0.05) is 6.92 Å². The molecule has 0 saturated carbocycles. The molecule has 5 nitrogen and oxygen atoms in total. The molecular weight excluding hydrogens is 220 g/mol. The van der Waals surface area contributed by atoms with Crippen molar-refractivity contribution < 1.29 is 14.7 Å². The number of nitrogens with zero attached hydrogens (tertiary/aromatic N) is 2. The number of carbonyl (C=O) groups is 2. The van der Waals surface area contributed by atoms with Crippen molar-refractivity contribution in [2.75, 3.05) is 20.1 Å². The number of urea groups is 1. The number of aliphatic carboxylic acids is 1. The monoisotopic (exact) mass is 242 g/mol. The number of likely N-dealkylation sites (tertiary alicyclic amines) is 1. The van der Waals surface area contributed by atoms with Crippen LogP contribution in [0.1, 0.15) is 33.6 Å². The topological polar surface area (TPSA) is 60.9 Å². The SMILES string of the molecule is CCC(C)(C)N(C)C(=O)N1CCC(C(=O)O)C1. The Morgan fingerprint density at radius 3 is 2.47 bits per heavy atom. The molecule has 0 spiro atoms. The number of rotatable bonds is 3. The van der Waals surface area contributed by atoms with Gasteiger partial charge in [-0.05, 0) is 26.7 Å². The minimum Gasteiger partial charge on any atom is -0.481 e. The highest BCUT2D eigenvalue weighted by atomic mass is 16.4. The second kappa shape index (κ2) is 4.94. The van der Waals surface area contributed by atoms with Gasteiger partial charge in [0.25, 0.3) is 0 Å². The van der Waals surface area contributed by atoms with Crippen molar-refractivity contribution in [1.82, 2.24) is 9.80 Å². The molecular formula is C12H22N2O3. The van der Waals surface area contributed by atoms with Crippen molar-refractivity contribution >= 4 is 12.0 Å². The summed E-state index contributed by atoms with van der Waals surface area (Å²) in [6.07, 6.45) is 1.42. The van der Waals surface area contributed by atoms with Gasteiger partial charge in [0, 0.05) is 25.7 Å². The molecule has 1 aliphatic heterocycles. The van der Waals surface area contributed by atoms with Crippen LogP contribution in [0, 0.1) is 5.92 Å². The Hall–Kier alpha value is -1.26. The fourth-order valence-corrected chi connectivity index (χ4v) is 1.84. The van der Waals surface area contributed by atoms with E-state index in [0.29, 0.717) is 19.5 Å². The third kappa shape index (κ3) is 2.90. The van der Waals surface area contributed by atoms with Crippen LogP contribution in [0.4, 0.5) is 4.79 Å². The van der Waals surface area contributed by atoms with Gasteiger partial charge in [-0.2, -0.15) is 0 Å². The summed E-state index contributed by atoms with van der Waals surface area (Å²) >= 11 is 0. The summed E-state index contributed by atoms with van der Waals surface area (Å²) in [7, 11) is 1.78. The molecule has 1 fully saturated rings. The number of carbonyl (C=O) groups excluding carboxylic acids is 1. The Labute approximate surface area is 102 Å². The Kier molecular flexibility index (Phi) is 4.01. The van der Waals surface area contributed by atoms with Crippen molar-refractivity contribution in [3.63, 3.8) is 0 Å². The van der Waals surface area contributed by atoms with Crippen molar-refractivity contribution in [3.05, 3.63) is 0 Å². The first-order valence-electron chi connectivity index (χ1n) is 6.05. The summed E-state index contributed by atoms with van der Waals surface area (Å²) in [5, 5.41) is 8.91. The molecule has 1 N–H and O–H groups in total. The molecule has 0 aromatic carbocycles. The van der Waals surface area contributed by atoms with Crippen LogP contribution in [0.5, 0.6) is 0 Å². The Morgan fingerprint density at radius 1 is 1.47 bits per heavy atom. The molecule has 0 radical (unpaired) electrons. The van der Waals surface area contributed by atoms with E-state index in [2.05, 4.69) is 0 Å². The van der Waals surface area contributed by atoms with E-state index in [9.17, 15) is 9.59 Å². The Balaban J connectivity index is 2.64. The van der Waals surface area contributed by atoms with Gasteiger partial charge in [0.1, 0.15) is 0 Å². The van der Waals surface area contributed by atoms with E-state index in [1.54, 1.807) is 16.8 Å². The average molecular weight is 242 g/mol. The predicted octanol–water partition coefficient (Wildman–Crippen LogP) is 1.63. The summed E-state index contributed by atoms with van der Waals surface area (Å²) in [5.41, 5.74) is -0.196. The molecule has 5 heteroatoms. The molecule has 1 saturated heterocycles. The van der Waals surface area contributed by atoms with E-state index in [4.69, 9.17) is 5.11 Å². The zero-order valence-corrected chi connectivity index (χ0v) is 11.1. The molecule has 0 aliphatic carbocycles. The first kappa shape index (κ1) is 13.8. The standard InChI is InChI=1S/C12H22N2O3/c1-5-12(2,3)13(4)11(17)14-7-6-9(8-14)10(15)16/h9H,5-8H2,1-4H3,(H,15,16). The van der Waals surface area contributed by atoms with E-state index in [0.717, 1.165) is 6.42 Å². The predicted molar refractivity (Wildman–Crippen MR) is 64.8 cm³/mol. The van der Waals surface area contributed by atoms with E-state index < -0.39 is 11.9 Å². The number of carboxylic acid groups (broad SMARTS) is 1. The normalized spacial score (nSPS) is 20.5. The Bertz CT molecular complexity index is 315. The molecule has 1 atom stereocenters. The summed E-state index contributed by atoms with van der Waals surface area (Å²) in [6.45, 7) is 6.93. The van der Waals surface area contributed by atoms with Crippen molar-refractivity contribution in [3.8, 4) is 0 Å². The van der Waals surface area contributed by atoms with Gasteiger partial charge in [-0.3, -0.25) is 4.79 Å². The summed E-state index contributed by atoms with van der Waals surface area (Å²) < 4.78 is 0. The fraction of sp³-hybridized carbons (Fsp3) is 0.833. The van der Waals surface area contributed by atoms with Gasteiger partial charge in [0.2, 0.25) is 0 Å². The molecule has 98 valence electrons. The van der Waals surface area contributed by atoms with E-state index in [1.165, 1.54) is 0 Å². The first-order valence-corrected chi connectivity index (χ1v) is 6.05. The Morgan fingerprint density at radius 2 is 2.06 bits per heavy atom. The van der Waals surface area contributed by atoms with Gasteiger partial charge in [-0.15, -0.1) is 0 Å². The highest BCUT2D eigenvalue weighted by Gasteiger charge is 2.35. The van der Waals surface area contributed by atoms with Crippen LogP contribution in [-0.4, -0.2) is 52.6 Å². The van der Waals surface area contributed by atoms with Crippen LogP contribution >= 0.6 is 0 Å². The zero-order chi connectivity index (χ0) is 13.2. The van der Waals surface area contributed by atoms with Crippen LogP contribution in [-0.2, 0) is 4.79 Å². The minimum atomic E-state index is -0.808. The van der Waals surface area contributed by atoms with Crippen LogP contribution in [0.25, 0.3) is 0 Å². The van der Waals surface area contributed by atoms with Gasteiger partial charge in [0.15, 0.2) is 0 Å². The number of hydrogen-bond donors (Lipinski definition) is 1. The lowest BCUT2D eigenvalue weighted by atomic mass is 10.0. The maximum Gasteiger partial charge on any atom is 0.320 e. The lowest BCUT2D eigenvalue weighted by Crippen LogP contribution is -2.50. The van der Waals surface area contributed by atoms with Gasteiger partial charge >= 0.3 is 12.0 Å². The molecule has 1 heterocycles. The summed E-state index contributed by atoms with van der Waals surface area (Å²) in [5.74, 6) is -1.21. The second-order valence-corrected chi connectivity index (χ2v) is 5.28. The highest BCUT2D eigenvalue weighted by molar-refractivity contribution is 5.77. The van der Waals surface area contributed by atoms with Crippen molar-refractivity contribution in [2.45, 2.75) is 39.2 Å². The summed E-state index contributed by atoms with van der Waals surface area (Å²) in [4.78, 5) is 26.4. The molecule has 1 aliphatic rings. The smallest absolute Gasteiger partial charge is 0.320 e. The van der Waals surface area contributed by atoms with Crippen molar-refractivity contribution in [1.29, 1.82) is 0 Å². The zero-order valence-electron chi connectivity index (χ0n) is 11.1. The van der Waals surface area contributed by atoms with Crippen molar-refractivity contribution in [2.24, 2.45) is 5.92 Å². The van der Waals surface area contributed by atoms with Crippen LogP contribution in [0.15, 0.2) is 0 Å². The molecule has 17 heavy (non-hydrogen) atoms. The quantitative estimate of drug-likeness (QED) is 0.818. The first-order chi connectivity index (χ1) is 7.79. The highest BCUT2D eigenvalue weighted by Crippen LogP contribution is 2.22. The second-order valence-electron chi connectivity index (χ2n) is 5.28.